The van der Waals surface area contributed by atoms with E-state index in [0.29, 0.717) is 12.0 Å². The lowest BCUT2D eigenvalue weighted by atomic mass is 9.96. The van der Waals surface area contributed by atoms with Gasteiger partial charge in [0.15, 0.2) is 5.65 Å². The van der Waals surface area contributed by atoms with Gasteiger partial charge in [-0.1, -0.05) is 75.6 Å². The van der Waals surface area contributed by atoms with Gasteiger partial charge in [-0.2, -0.15) is 9.61 Å². The number of rotatable bonds is 16. The molecule has 1 aliphatic heterocycles. The Bertz CT molecular complexity index is 1380. The number of likely N-dealkylation sites (N-methyl/N-ethyl adjacent to an activating group) is 2. The molecule has 228 valence electrons. The van der Waals surface area contributed by atoms with Crippen molar-refractivity contribution in [1.82, 2.24) is 25.2 Å². The van der Waals surface area contributed by atoms with Crippen molar-refractivity contribution in [2.75, 3.05) is 50.1 Å². The number of anilines is 2. The van der Waals surface area contributed by atoms with Crippen LogP contribution in [0.1, 0.15) is 86.7 Å². The number of aromatic nitrogens is 3. The summed E-state index contributed by atoms with van der Waals surface area (Å²) in [6.45, 7) is 23.1. The summed E-state index contributed by atoms with van der Waals surface area (Å²) in [6.07, 6.45) is 6.76. The zero-order valence-corrected chi connectivity index (χ0v) is 27.2. The van der Waals surface area contributed by atoms with Crippen LogP contribution in [-0.2, 0) is 6.42 Å². The second kappa shape index (κ2) is 14.2. The number of unbranched alkanes of at least 4 members (excludes halogenated alkanes) is 2. The maximum absolute atomic E-state index is 5.13. The van der Waals surface area contributed by atoms with Crippen molar-refractivity contribution in [1.29, 1.82) is 0 Å². The van der Waals surface area contributed by atoms with Gasteiger partial charge in [0.1, 0.15) is 11.6 Å². The number of nitrogens with zero attached hydrogens (tertiary/aromatic N) is 5. The standard InChI is InChI=1S/C35H53N7/c1-10-11-12-13-26(5)32-21-33-38-34(41-22-30(23-41)36-8)28(7)35(42(33)39-32)40(9)19-18-37-27(6)15-17-29-16-14-25(4)20-31(29)24(2)3/h14,16,20-21,26,30,36-37H,2,6,10-13,15,17-19,22-23H2,1,3-5,7-9H3. The van der Waals surface area contributed by atoms with E-state index in [1.807, 2.05) is 7.05 Å². The Balaban J connectivity index is 1.46. The fourth-order valence-electron chi connectivity index (χ4n) is 5.94. The lowest BCUT2D eigenvalue weighted by Gasteiger charge is -2.41. The van der Waals surface area contributed by atoms with E-state index in [0.717, 1.165) is 79.7 Å². The summed E-state index contributed by atoms with van der Waals surface area (Å²) in [5.41, 5.74) is 9.30. The van der Waals surface area contributed by atoms with Crippen LogP contribution in [0.4, 0.5) is 11.6 Å². The molecule has 0 amide bonds. The van der Waals surface area contributed by atoms with Gasteiger partial charge in [0.25, 0.3) is 0 Å². The van der Waals surface area contributed by atoms with E-state index < -0.39 is 0 Å². The summed E-state index contributed by atoms with van der Waals surface area (Å²) in [4.78, 5) is 9.84. The molecule has 2 N–H and O–H groups in total. The summed E-state index contributed by atoms with van der Waals surface area (Å²) in [6, 6.07) is 9.38. The van der Waals surface area contributed by atoms with Crippen LogP contribution in [0.25, 0.3) is 11.2 Å². The number of hydrogen-bond donors (Lipinski definition) is 2. The van der Waals surface area contributed by atoms with Gasteiger partial charge in [-0.3, -0.25) is 0 Å². The molecule has 1 saturated heterocycles. The third-order valence-corrected chi connectivity index (χ3v) is 8.74. The van der Waals surface area contributed by atoms with E-state index in [1.54, 1.807) is 0 Å². The molecular weight excluding hydrogens is 518 g/mol. The zero-order chi connectivity index (χ0) is 30.4. The van der Waals surface area contributed by atoms with E-state index in [9.17, 15) is 0 Å². The fourth-order valence-corrected chi connectivity index (χ4v) is 5.94. The third kappa shape index (κ3) is 7.35. The number of nitrogens with one attached hydrogen (secondary N) is 2. The summed E-state index contributed by atoms with van der Waals surface area (Å²) in [7, 11) is 4.20. The van der Waals surface area contributed by atoms with Crippen molar-refractivity contribution in [3.8, 4) is 0 Å². The van der Waals surface area contributed by atoms with Crippen LogP contribution < -0.4 is 20.4 Å². The summed E-state index contributed by atoms with van der Waals surface area (Å²) in [5, 5.41) is 12.1. The van der Waals surface area contributed by atoms with Gasteiger partial charge in [-0.15, -0.1) is 0 Å². The molecule has 7 nitrogen and oxygen atoms in total. The molecule has 0 radical (unpaired) electrons. The van der Waals surface area contributed by atoms with Gasteiger partial charge < -0.3 is 20.4 Å². The highest BCUT2D eigenvalue weighted by Gasteiger charge is 2.30. The van der Waals surface area contributed by atoms with Crippen molar-refractivity contribution < 1.29 is 0 Å². The zero-order valence-electron chi connectivity index (χ0n) is 27.2. The van der Waals surface area contributed by atoms with Gasteiger partial charge >= 0.3 is 0 Å². The average molecular weight is 572 g/mol. The maximum Gasteiger partial charge on any atom is 0.160 e. The van der Waals surface area contributed by atoms with Crippen LogP contribution in [0.5, 0.6) is 0 Å². The molecule has 0 spiro atoms. The molecule has 42 heavy (non-hydrogen) atoms. The summed E-state index contributed by atoms with van der Waals surface area (Å²) >= 11 is 0. The second-order valence-electron chi connectivity index (χ2n) is 12.4. The van der Waals surface area contributed by atoms with Crippen LogP contribution >= 0.6 is 0 Å². The Kier molecular flexibility index (Phi) is 10.7. The maximum atomic E-state index is 5.13. The monoisotopic (exact) mass is 571 g/mol. The molecule has 3 heterocycles. The van der Waals surface area contributed by atoms with E-state index in [2.05, 4.69) is 104 Å². The molecule has 3 aromatic rings. The van der Waals surface area contributed by atoms with Gasteiger partial charge in [0, 0.05) is 62.5 Å². The molecule has 1 fully saturated rings. The number of fused-ring (bicyclic) bond motifs is 1. The molecule has 0 bridgehead atoms. The van der Waals surface area contributed by atoms with Crippen molar-refractivity contribution in [3.05, 3.63) is 71.1 Å². The first kappa shape index (κ1) is 31.6. The van der Waals surface area contributed by atoms with Gasteiger partial charge in [0.2, 0.25) is 0 Å². The predicted octanol–water partition coefficient (Wildman–Crippen LogP) is 6.64. The minimum absolute atomic E-state index is 0.418. The first-order chi connectivity index (χ1) is 20.1. The highest BCUT2D eigenvalue weighted by atomic mass is 15.4. The molecule has 1 unspecified atom stereocenters. The Labute approximate surface area is 254 Å². The van der Waals surface area contributed by atoms with E-state index >= 15 is 0 Å². The summed E-state index contributed by atoms with van der Waals surface area (Å²) < 4.78 is 2.07. The number of aryl methyl sites for hydroxylation is 2. The lowest BCUT2D eigenvalue weighted by Crippen LogP contribution is -2.57. The SMILES string of the molecule is C=C(CCc1ccc(C)cc1C(=C)C)NCCN(C)c1c(C)c(N2CC(NC)C2)nc2cc(C(C)CCCCC)nn12. The molecular formula is C35H53N7. The minimum atomic E-state index is 0.418. The third-order valence-electron chi connectivity index (χ3n) is 8.74. The van der Waals surface area contributed by atoms with Crippen molar-refractivity contribution >= 4 is 22.9 Å². The first-order valence-corrected chi connectivity index (χ1v) is 15.8. The lowest BCUT2D eigenvalue weighted by molar-refractivity contribution is 0.446. The minimum Gasteiger partial charge on any atom is -0.387 e. The topological polar surface area (TPSA) is 60.7 Å². The van der Waals surface area contributed by atoms with Crippen molar-refractivity contribution in [2.24, 2.45) is 0 Å². The summed E-state index contributed by atoms with van der Waals surface area (Å²) in [5.74, 6) is 2.61. The Hall–Kier alpha value is -3.32. The Morgan fingerprint density at radius 2 is 1.93 bits per heavy atom. The smallest absolute Gasteiger partial charge is 0.160 e. The highest BCUT2D eigenvalue weighted by molar-refractivity contribution is 5.67. The number of allylic oxidation sites excluding steroid dienone is 2. The second-order valence-corrected chi connectivity index (χ2v) is 12.4. The molecule has 1 aromatic carbocycles. The Morgan fingerprint density at radius 1 is 1.17 bits per heavy atom. The van der Waals surface area contributed by atoms with Crippen LogP contribution in [-0.4, -0.2) is 60.9 Å². The van der Waals surface area contributed by atoms with Crippen LogP contribution in [0, 0.1) is 13.8 Å². The molecule has 2 aromatic heterocycles. The highest BCUT2D eigenvalue weighted by Crippen LogP contribution is 2.33. The Morgan fingerprint density at radius 3 is 2.62 bits per heavy atom. The molecule has 1 aliphatic rings. The fraction of sp³-hybridized carbons (Fsp3) is 0.543. The first-order valence-electron chi connectivity index (χ1n) is 15.8. The van der Waals surface area contributed by atoms with Crippen LogP contribution in [0.3, 0.4) is 0 Å². The van der Waals surface area contributed by atoms with Gasteiger partial charge in [0.05, 0.1) is 5.69 Å². The van der Waals surface area contributed by atoms with Gasteiger partial charge in [-0.05, 0) is 58.2 Å². The normalized spacial score (nSPS) is 14.2. The molecule has 0 aliphatic carbocycles. The molecule has 0 saturated carbocycles. The van der Waals surface area contributed by atoms with Crippen molar-refractivity contribution in [2.45, 2.75) is 85.1 Å². The number of hydrogen-bond acceptors (Lipinski definition) is 6. The molecule has 4 rings (SSSR count). The van der Waals surface area contributed by atoms with Gasteiger partial charge in [-0.25, -0.2) is 4.98 Å². The number of benzene rings is 1. The van der Waals surface area contributed by atoms with E-state index in [1.165, 1.54) is 41.5 Å². The van der Waals surface area contributed by atoms with Crippen molar-refractivity contribution in [3.63, 3.8) is 0 Å². The molecule has 1 atom stereocenters. The largest absolute Gasteiger partial charge is 0.387 e. The predicted molar refractivity (Wildman–Crippen MR) is 180 cm³/mol. The van der Waals surface area contributed by atoms with Crippen LogP contribution in [0.2, 0.25) is 0 Å². The average Bonchev–Trinajstić information content (AvgIpc) is 3.35. The van der Waals surface area contributed by atoms with E-state index in [-0.39, 0.29) is 0 Å². The molecule has 7 heteroatoms. The van der Waals surface area contributed by atoms with E-state index in [4.69, 9.17) is 10.1 Å². The quantitative estimate of drug-likeness (QED) is 0.188. The van der Waals surface area contributed by atoms with Crippen LogP contribution in [0.15, 0.2) is 43.1 Å².